The lowest BCUT2D eigenvalue weighted by atomic mass is 10.2. The summed E-state index contributed by atoms with van der Waals surface area (Å²) in [6, 6.07) is 8.75. The van der Waals surface area contributed by atoms with Crippen LogP contribution in [0.5, 0.6) is 5.75 Å². The second-order valence-corrected chi connectivity index (χ2v) is 4.65. The molecule has 2 rings (SSSR count). The Kier molecular flexibility index (Phi) is 4.58. The lowest BCUT2D eigenvalue weighted by Gasteiger charge is -2.08. The second-order valence-electron chi connectivity index (χ2n) is 4.26. The van der Waals surface area contributed by atoms with Crippen LogP contribution in [0.1, 0.15) is 24.7 Å². The van der Waals surface area contributed by atoms with Crippen molar-refractivity contribution in [2.24, 2.45) is 0 Å². The summed E-state index contributed by atoms with van der Waals surface area (Å²) < 4.78 is 0. The molecule has 19 heavy (non-hydrogen) atoms. The number of nitrogens with one attached hydrogen (secondary N) is 1. The predicted molar refractivity (Wildman–Crippen MR) is 76.5 cm³/mol. The maximum Gasteiger partial charge on any atom is 0.134 e. The predicted octanol–water partition coefficient (Wildman–Crippen LogP) is 3.40. The van der Waals surface area contributed by atoms with Crippen LogP contribution in [-0.4, -0.2) is 15.1 Å². The summed E-state index contributed by atoms with van der Waals surface area (Å²) >= 11 is 5.96. The highest BCUT2D eigenvalue weighted by molar-refractivity contribution is 6.29. The van der Waals surface area contributed by atoms with Gasteiger partial charge in [-0.25, -0.2) is 9.97 Å². The molecule has 0 bridgehead atoms. The zero-order valence-corrected chi connectivity index (χ0v) is 11.5. The molecule has 2 N–H and O–H groups in total. The molecular formula is C14H16ClN3O. The van der Waals surface area contributed by atoms with Gasteiger partial charge in [-0.3, -0.25) is 0 Å². The van der Waals surface area contributed by atoms with Gasteiger partial charge in [0.05, 0.1) is 0 Å². The fourth-order valence-corrected chi connectivity index (χ4v) is 1.90. The summed E-state index contributed by atoms with van der Waals surface area (Å²) in [6.45, 7) is 2.70. The van der Waals surface area contributed by atoms with Crippen LogP contribution in [0.2, 0.25) is 5.15 Å². The largest absolute Gasteiger partial charge is 0.508 e. The van der Waals surface area contributed by atoms with Crippen LogP contribution in [0.15, 0.2) is 30.3 Å². The van der Waals surface area contributed by atoms with E-state index in [4.69, 9.17) is 11.6 Å². The minimum absolute atomic E-state index is 0.263. The molecule has 0 unspecified atom stereocenters. The number of benzene rings is 1. The number of rotatable bonds is 5. The average Bonchev–Trinajstić information content (AvgIpc) is 2.38. The molecule has 0 spiro atoms. The summed E-state index contributed by atoms with van der Waals surface area (Å²) in [7, 11) is 0. The zero-order valence-electron chi connectivity index (χ0n) is 10.7. The second kappa shape index (κ2) is 6.38. The minimum Gasteiger partial charge on any atom is -0.508 e. The molecule has 1 heterocycles. The van der Waals surface area contributed by atoms with E-state index in [2.05, 4.69) is 22.2 Å². The van der Waals surface area contributed by atoms with Crippen molar-refractivity contribution in [2.75, 3.05) is 5.32 Å². The molecule has 0 amide bonds. The van der Waals surface area contributed by atoms with Gasteiger partial charge in [0.25, 0.3) is 0 Å². The Morgan fingerprint density at radius 2 is 1.95 bits per heavy atom. The summed E-state index contributed by atoms with van der Waals surface area (Å²) in [4.78, 5) is 8.57. The van der Waals surface area contributed by atoms with Gasteiger partial charge in [-0.05, 0) is 24.1 Å². The number of aromatic nitrogens is 2. The third-order valence-electron chi connectivity index (χ3n) is 2.62. The van der Waals surface area contributed by atoms with E-state index in [1.807, 2.05) is 12.1 Å². The first-order chi connectivity index (χ1) is 9.17. The summed E-state index contributed by atoms with van der Waals surface area (Å²) in [6.07, 6.45) is 1.80. The van der Waals surface area contributed by atoms with Crippen molar-refractivity contribution in [1.82, 2.24) is 9.97 Å². The number of halogens is 1. The van der Waals surface area contributed by atoms with E-state index in [1.165, 1.54) is 0 Å². The first-order valence-corrected chi connectivity index (χ1v) is 6.60. The number of aryl methyl sites for hydroxylation is 1. The molecule has 0 aliphatic rings. The summed E-state index contributed by atoms with van der Waals surface area (Å²) in [5.41, 5.74) is 1.06. The fraction of sp³-hybridized carbons (Fsp3) is 0.286. The van der Waals surface area contributed by atoms with Crippen molar-refractivity contribution in [3.8, 4) is 5.75 Å². The van der Waals surface area contributed by atoms with E-state index in [1.54, 1.807) is 18.2 Å². The average molecular weight is 278 g/mol. The molecule has 0 fully saturated rings. The Morgan fingerprint density at radius 3 is 2.63 bits per heavy atom. The Balaban J connectivity index is 2.04. The van der Waals surface area contributed by atoms with Crippen LogP contribution in [0.4, 0.5) is 5.82 Å². The first kappa shape index (κ1) is 13.6. The van der Waals surface area contributed by atoms with Crippen LogP contribution < -0.4 is 5.32 Å². The molecule has 5 heteroatoms. The molecule has 1 aromatic heterocycles. The molecule has 0 saturated heterocycles. The molecule has 2 aromatic rings. The third kappa shape index (κ3) is 4.10. The number of hydrogen-bond acceptors (Lipinski definition) is 4. The van der Waals surface area contributed by atoms with Crippen LogP contribution in [0, 0.1) is 0 Å². The van der Waals surface area contributed by atoms with Crippen molar-refractivity contribution in [3.05, 3.63) is 46.9 Å². The first-order valence-electron chi connectivity index (χ1n) is 6.22. The fourth-order valence-electron chi connectivity index (χ4n) is 1.70. The Labute approximate surface area is 117 Å². The van der Waals surface area contributed by atoms with Gasteiger partial charge in [0.2, 0.25) is 0 Å². The number of aromatic hydroxyl groups is 1. The van der Waals surface area contributed by atoms with Gasteiger partial charge in [-0.15, -0.1) is 0 Å². The van der Waals surface area contributed by atoms with Crippen LogP contribution in [0.25, 0.3) is 0 Å². The Hall–Kier alpha value is -1.81. The Bertz CT molecular complexity index is 543. The highest BCUT2D eigenvalue weighted by atomic mass is 35.5. The standard InChI is InChI=1S/C14H16ClN3O/c1-2-3-13-17-12(15)8-14(18-13)16-9-10-4-6-11(19)7-5-10/h4-8,19H,2-3,9H2,1H3,(H,16,17,18). The quantitative estimate of drug-likeness (QED) is 0.823. The maximum atomic E-state index is 9.22. The van der Waals surface area contributed by atoms with Crippen LogP contribution >= 0.6 is 11.6 Å². The maximum absolute atomic E-state index is 9.22. The normalized spacial score (nSPS) is 10.4. The Morgan fingerprint density at radius 1 is 1.21 bits per heavy atom. The van der Waals surface area contributed by atoms with E-state index < -0.39 is 0 Å². The summed E-state index contributed by atoms with van der Waals surface area (Å²) in [5.74, 6) is 1.73. The van der Waals surface area contributed by atoms with E-state index in [0.717, 1.165) is 30.0 Å². The number of phenolic OH excluding ortho intramolecular Hbond substituents is 1. The minimum atomic E-state index is 0.263. The van der Waals surface area contributed by atoms with Gasteiger partial charge in [0, 0.05) is 19.0 Å². The zero-order chi connectivity index (χ0) is 13.7. The van der Waals surface area contributed by atoms with Gasteiger partial charge < -0.3 is 10.4 Å². The molecule has 100 valence electrons. The van der Waals surface area contributed by atoms with Crippen molar-refractivity contribution >= 4 is 17.4 Å². The van der Waals surface area contributed by atoms with Crippen molar-refractivity contribution in [3.63, 3.8) is 0 Å². The van der Waals surface area contributed by atoms with E-state index >= 15 is 0 Å². The number of nitrogens with zero attached hydrogens (tertiary/aromatic N) is 2. The number of anilines is 1. The summed E-state index contributed by atoms with van der Waals surface area (Å²) in [5, 5.41) is 12.9. The topological polar surface area (TPSA) is 58.0 Å². The molecule has 0 aliphatic heterocycles. The van der Waals surface area contributed by atoms with Crippen LogP contribution in [-0.2, 0) is 13.0 Å². The SMILES string of the molecule is CCCc1nc(Cl)cc(NCc2ccc(O)cc2)n1. The van der Waals surface area contributed by atoms with Crippen LogP contribution in [0.3, 0.4) is 0 Å². The van der Waals surface area contributed by atoms with Gasteiger partial charge in [-0.2, -0.15) is 0 Å². The van der Waals surface area contributed by atoms with Gasteiger partial charge >= 0.3 is 0 Å². The smallest absolute Gasteiger partial charge is 0.134 e. The molecule has 0 saturated carbocycles. The molecule has 1 aromatic carbocycles. The lowest BCUT2D eigenvalue weighted by Crippen LogP contribution is -2.04. The van der Waals surface area contributed by atoms with E-state index in [9.17, 15) is 5.11 Å². The number of phenols is 1. The molecule has 0 aliphatic carbocycles. The highest BCUT2D eigenvalue weighted by Crippen LogP contribution is 2.15. The van der Waals surface area contributed by atoms with Crippen molar-refractivity contribution in [2.45, 2.75) is 26.3 Å². The van der Waals surface area contributed by atoms with Gasteiger partial charge in [-0.1, -0.05) is 30.7 Å². The molecule has 0 radical (unpaired) electrons. The van der Waals surface area contributed by atoms with E-state index in [-0.39, 0.29) is 5.75 Å². The van der Waals surface area contributed by atoms with Crippen molar-refractivity contribution < 1.29 is 5.11 Å². The number of hydrogen-bond donors (Lipinski definition) is 2. The molecule has 4 nitrogen and oxygen atoms in total. The van der Waals surface area contributed by atoms with E-state index in [0.29, 0.717) is 11.7 Å². The van der Waals surface area contributed by atoms with Gasteiger partial charge in [0.15, 0.2) is 0 Å². The highest BCUT2D eigenvalue weighted by Gasteiger charge is 2.02. The monoisotopic (exact) mass is 277 g/mol. The molecule has 0 atom stereocenters. The molecular weight excluding hydrogens is 262 g/mol. The van der Waals surface area contributed by atoms with Crippen molar-refractivity contribution in [1.29, 1.82) is 0 Å². The lowest BCUT2D eigenvalue weighted by molar-refractivity contribution is 0.475. The van der Waals surface area contributed by atoms with Gasteiger partial charge in [0.1, 0.15) is 22.5 Å². The third-order valence-corrected chi connectivity index (χ3v) is 2.82.